The molecule has 0 unspecified atom stereocenters. The van der Waals surface area contributed by atoms with Gasteiger partial charge in [0.15, 0.2) is 0 Å². The van der Waals surface area contributed by atoms with Gasteiger partial charge in [-0.25, -0.2) is 9.59 Å². The highest BCUT2D eigenvalue weighted by Gasteiger charge is 2.68. The predicted molar refractivity (Wildman–Crippen MR) is 151 cm³/mol. The number of imide groups is 3. The molecule has 7 amide bonds. The van der Waals surface area contributed by atoms with E-state index in [1.54, 1.807) is 11.9 Å². The first-order chi connectivity index (χ1) is 19.6. The van der Waals surface area contributed by atoms with Gasteiger partial charge in [0.1, 0.15) is 11.1 Å². The van der Waals surface area contributed by atoms with Crippen molar-refractivity contribution in [3.05, 3.63) is 10.6 Å². The summed E-state index contributed by atoms with van der Waals surface area (Å²) in [5, 5.41) is 0.176. The molecule has 3 saturated carbocycles. The number of urea groups is 2. The summed E-state index contributed by atoms with van der Waals surface area (Å²) in [5.41, 5.74) is 5.26. The van der Waals surface area contributed by atoms with Crippen LogP contribution in [-0.4, -0.2) is 100 Å². The van der Waals surface area contributed by atoms with Crippen molar-refractivity contribution in [2.75, 3.05) is 39.1 Å². The molecule has 224 valence electrons. The molecule has 6 fully saturated rings. The molecular weight excluding hydrogens is 546 g/mol. The fraction of sp³-hybridized carbons (Fsp3) is 0.759. The van der Waals surface area contributed by atoms with Gasteiger partial charge in [-0.2, -0.15) is 0 Å². The van der Waals surface area contributed by atoms with Crippen molar-refractivity contribution in [3.8, 4) is 0 Å². The molecule has 3 heterocycles. The zero-order valence-electron chi connectivity index (χ0n) is 24.1. The van der Waals surface area contributed by atoms with E-state index in [0.29, 0.717) is 57.7 Å². The molecule has 3 aliphatic carbocycles. The van der Waals surface area contributed by atoms with Gasteiger partial charge in [-0.3, -0.25) is 29.1 Å². The highest BCUT2D eigenvalue weighted by molar-refractivity contribution is 8.03. The summed E-state index contributed by atoms with van der Waals surface area (Å²) in [6.07, 6.45) is 8.01. The fourth-order valence-corrected chi connectivity index (χ4v) is 8.79. The maximum Gasteiger partial charge on any atom is 0.334 e. The molecule has 12 heteroatoms. The Hall–Kier alpha value is -2.60. The second-order valence-electron chi connectivity index (χ2n) is 13.0. The minimum absolute atomic E-state index is 0.0777. The van der Waals surface area contributed by atoms with E-state index in [1.165, 1.54) is 26.5 Å². The monoisotopic (exact) mass is 587 g/mol. The Labute approximate surface area is 245 Å². The summed E-state index contributed by atoms with van der Waals surface area (Å²) < 4.78 is 5.30. The van der Waals surface area contributed by atoms with Crippen LogP contribution in [0.3, 0.4) is 0 Å². The lowest BCUT2D eigenvalue weighted by atomic mass is 9.51. The number of nitrogens with two attached hydrogens (primary N) is 1. The van der Waals surface area contributed by atoms with Gasteiger partial charge in [-0.1, -0.05) is 19.8 Å². The average Bonchev–Trinajstić information content (AvgIpc) is 3.47. The van der Waals surface area contributed by atoms with E-state index in [9.17, 15) is 24.0 Å². The Morgan fingerprint density at radius 1 is 0.927 bits per heavy atom. The second-order valence-corrected chi connectivity index (χ2v) is 14.3. The lowest BCUT2D eigenvalue weighted by Crippen LogP contribution is -2.66. The van der Waals surface area contributed by atoms with Crippen LogP contribution in [0.15, 0.2) is 10.6 Å². The van der Waals surface area contributed by atoms with E-state index in [2.05, 4.69) is 0 Å². The normalized spacial score (nSPS) is 34.4. The summed E-state index contributed by atoms with van der Waals surface area (Å²) in [6.45, 7) is 3.98. The molecule has 0 atom stereocenters. The summed E-state index contributed by atoms with van der Waals surface area (Å²) in [4.78, 5) is 72.7. The van der Waals surface area contributed by atoms with Crippen molar-refractivity contribution in [2.24, 2.45) is 23.0 Å². The van der Waals surface area contributed by atoms with Gasteiger partial charge in [-0.15, -0.1) is 11.8 Å². The number of hydrogen-bond donors (Lipinski definition) is 1. The van der Waals surface area contributed by atoms with Gasteiger partial charge in [0.2, 0.25) is 0 Å². The summed E-state index contributed by atoms with van der Waals surface area (Å²) in [7, 11) is 1.56. The fourth-order valence-electron chi connectivity index (χ4n) is 8.16. The molecule has 0 aromatic heterocycles. The molecule has 0 bridgehead atoms. The standard InChI is InChI=1S/C29H41N5O6S/c1-3-41-22(30)21-23(35)32(12-18-6-4-5-7-18)27(39)34(24(21)36)20-8-10-28(11-9-20)16-29(17-28)25(37)31(2)26(38)33(29)13-19-14-40-15-19/h18-20H,3-17,30H2,1-2H3/b22-21+. The highest BCUT2D eigenvalue weighted by atomic mass is 32.2. The van der Waals surface area contributed by atoms with E-state index in [4.69, 9.17) is 10.5 Å². The molecule has 0 radical (unpaired) electrons. The number of hydrogen-bond acceptors (Lipinski definition) is 8. The van der Waals surface area contributed by atoms with Crippen LogP contribution < -0.4 is 5.73 Å². The Balaban J connectivity index is 1.18. The Morgan fingerprint density at radius 3 is 2.17 bits per heavy atom. The molecule has 3 aliphatic heterocycles. The van der Waals surface area contributed by atoms with Crippen LogP contribution in [-0.2, 0) is 19.1 Å². The third-order valence-corrected chi connectivity index (χ3v) is 11.2. The molecule has 2 spiro atoms. The SMILES string of the molecule is CCS/C(N)=C1\C(=O)N(CC2CCCC2)C(=O)N(C2CCC3(CC2)CC2(C3)C(=O)N(C)C(=O)N2CC2COC2)C1=O. The van der Waals surface area contributed by atoms with Crippen LogP contribution in [0.5, 0.6) is 0 Å². The Morgan fingerprint density at radius 2 is 1.59 bits per heavy atom. The zero-order chi connectivity index (χ0) is 29.1. The molecule has 11 nitrogen and oxygen atoms in total. The van der Waals surface area contributed by atoms with E-state index in [-0.39, 0.29) is 45.8 Å². The molecule has 6 rings (SSSR count). The van der Waals surface area contributed by atoms with Gasteiger partial charge in [0, 0.05) is 32.1 Å². The first-order valence-electron chi connectivity index (χ1n) is 15.1. The topological polar surface area (TPSA) is 134 Å². The minimum atomic E-state index is -0.794. The molecule has 41 heavy (non-hydrogen) atoms. The van der Waals surface area contributed by atoms with Crippen molar-refractivity contribution in [1.29, 1.82) is 0 Å². The maximum absolute atomic E-state index is 13.7. The maximum atomic E-state index is 13.7. The number of rotatable bonds is 7. The predicted octanol–water partition coefficient (Wildman–Crippen LogP) is 2.89. The van der Waals surface area contributed by atoms with Crippen LogP contribution in [0.1, 0.15) is 71.1 Å². The third-order valence-electron chi connectivity index (χ3n) is 10.4. The van der Waals surface area contributed by atoms with Crippen molar-refractivity contribution in [1.82, 2.24) is 19.6 Å². The van der Waals surface area contributed by atoms with Gasteiger partial charge < -0.3 is 15.4 Å². The van der Waals surface area contributed by atoms with E-state index in [0.717, 1.165) is 38.5 Å². The van der Waals surface area contributed by atoms with E-state index >= 15 is 0 Å². The number of nitrogens with zero attached hydrogens (tertiary/aromatic N) is 4. The lowest BCUT2D eigenvalue weighted by Gasteiger charge is -2.59. The van der Waals surface area contributed by atoms with Gasteiger partial charge in [-0.05, 0) is 68.5 Å². The molecule has 0 aromatic rings. The van der Waals surface area contributed by atoms with Gasteiger partial charge in [0.25, 0.3) is 17.7 Å². The van der Waals surface area contributed by atoms with Crippen molar-refractivity contribution >= 4 is 41.5 Å². The van der Waals surface area contributed by atoms with E-state index in [1.807, 2.05) is 6.92 Å². The smallest absolute Gasteiger partial charge is 0.334 e. The minimum Gasteiger partial charge on any atom is -0.393 e. The summed E-state index contributed by atoms with van der Waals surface area (Å²) >= 11 is 1.25. The number of barbiturate groups is 1. The van der Waals surface area contributed by atoms with Crippen molar-refractivity contribution < 1.29 is 28.7 Å². The van der Waals surface area contributed by atoms with Crippen LogP contribution in [0.25, 0.3) is 0 Å². The third kappa shape index (κ3) is 4.56. The molecule has 0 aromatic carbocycles. The van der Waals surface area contributed by atoms with Gasteiger partial charge in [0.05, 0.1) is 18.2 Å². The van der Waals surface area contributed by atoms with Crippen molar-refractivity contribution in [3.63, 3.8) is 0 Å². The number of carbonyl (C=O) groups is 5. The van der Waals surface area contributed by atoms with Crippen LogP contribution in [0, 0.1) is 17.3 Å². The Kier molecular flexibility index (Phi) is 7.37. The first-order valence-corrected chi connectivity index (χ1v) is 16.1. The largest absolute Gasteiger partial charge is 0.393 e. The number of ether oxygens (including phenoxy) is 1. The summed E-state index contributed by atoms with van der Waals surface area (Å²) in [6, 6.07) is -1.09. The quantitative estimate of drug-likeness (QED) is 0.273. The lowest BCUT2D eigenvalue weighted by molar-refractivity contribution is -0.153. The van der Waals surface area contributed by atoms with Crippen LogP contribution >= 0.6 is 11.8 Å². The molecule has 6 aliphatic rings. The number of carbonyl (C=O) groups excluding carboxylic acids is 5. The zero-order valence-corrected chi connectivity index (χ0v) is 24.9. The molecule has 2 N–H and O–H groups in total. The number of thioether (sulfide) groups is 1. The number of amides is 7. The van der Waals surface area contributed by atoms with Crippen LogP contribution in [0.2, 0.25) is 0 Å². The average molecular weight is 588 g/mol. The van der Waals surface area contributed by atoms with E-state index < -0.39 is 23.4 Å². The molecule has 3 saturated heterocycles. The Bertz CT molecular complexity index is 1180. The highest BCUT2D eigenvalue weighted by Crippen LogP contribution is 2.61. The number of likely N-dealkylation sites (N-methyl/N-ethyl adjacent to an activating group) is 1. The second kappa shape index (κ2) is 10.6. The summed E-state index contributed by atoms with van der Waals surface area (Å²) in [5.74, 6) is -0.161. The van der Waals surface area contributed by atoms with Crippen LogP contribution in [0.4, 0.5) is 9.59 Å². The molecular formula is C29H41N5O6S. The van der Waals surface area contributed by atoms with Crippen molar-refractivity contribution in [2.45, 2.75) is 82.7 Å². The van der Waals surface area contributed by atoms with Gasteiger partial charge >= 0.3 is 12.1 Å². The first kappa shape index (κ1) is 28.5.